The van der Waals surface area contributed by atoms with Gasteiger partial charge < -0.3 is 4.57 Å². The Labute approximate surface area is 128 Å². The van der Waals surface area contributed by atoms with Crippen LogP contribution in [0.15, 0.2) is 44.7 Å². The van der Waals surface area contributed by atoms with Crippen LogP contribution in [0.4, 0.5) is 0 Å². The minimum atomic E-state index is -0.374. The molecule has 3 rings (SSSR count). The van der Waals surface area contributed by atoms with Gasteiger partial charge in [-0.05, 0) is 17.7 Å². The smallest absolute Gasteiger partial charge is 0.320 e. The molecule has 2 heterocycles. The Bertz CT molecular complexity index is 934. The monoisotopic (exact) mass is 348 g/mol. The molecule has 0 unspecified atom stereocenters. The average Bonchev–Trinajstić information content (AvgIpc) is 2.89. The topological polar surface area (TPSA) is 61.8 Å². The minimum absolute atomic E-state index is 0.331. The normalized spacial score (nSPS) is 11.2. The molecule has 0 atom stereocenters. The SMILES string of the molecule is Cn1c(=O)c2c(ncn2Cc2ccc(Br)cc2)n(C)c1=O. The van der Waals surface area contributed by atoms with Crippen molar-refractivity contribution in [3.8, 4) is 0 Å². The minimum Gasteiger partial charge on any atom is -0.320 e. The van der Waals surface area contributed by atoms with Gasteiger partial charge in [0.15, 0.2) is 11.2 Å². The first-order valence-corrected chi connectivity index (χ1v) is 7.13. The summed E-state index contributed by atoms with van der Waals surface area (Å²) in [6.45, 7) is 0.525. The molecule has 21 heavy (non-hydrogen) atoms. The van der Waals surface area contributed by atoms with Gasteiger partial charge in [0.05, 0.1) is 6.33 Å². The first-order valence-electron chi connectivity index (χ1n) is 6.34. The zero-order valence-electron chi connectivity index (χ0n) is 11.6. The quantitative estimate of drug-likeness (QED) is 0.700. The Hall–Kier alpha value is -2.15. The van der Waals surface area contributed by atoms with Crippen molar-refractivity contribution < 1.29 is 0 Å². The highest BCUT2D eigenvalue weighted by molar-refractivity contribution is 9.10. The van der Waals surface area contributed by atoms with Crippen molar-refractivity contribution in [3.63, 3.8) is 0 Å². The molecule has 0 radical (unpaired) electrons. The van der Waals surface area contributed by atoms with Crippen LogP contribution in [0.5, 0.6) is 0 Å². The van der Waals surface area contributed by atoms with Gasteiger partial charge in [0, 0.05) is 25.1 Å². The molecule has 1 aromatic carbocycles. The summed E-state index contributed by atoms with van der Waals surface area (Å²) < 4.78 is 5.25. The summed E-state index contributed by atoms with van der Waals surface area (Å²) in [6.07, 6.45) is 1.59. The summed E-state index contributed by atoms with van der Waals surface area (Å²) in [6, 6.07) is 7.84. The fourth-order valence-corrected chi connectivity index (χ4v) is 2.57. The number of imidazole rings is 1. The highest BCUT2D eigenvalue weighted by Gasteiger charge is 2.14. The Morgan fingerprint density at radius 2 is 1.76 bits per heavy atom. The number of nitrogens with zero attached hydrogens (tertiary/aromatic N) is 4. The average molecular weight is 349 g/mol. The number of aryl methyl sites for hydroxylation is 1. The Morgan fingerprint density at radius 1 is 1.10 bits per heavy atom. The molecule has 7 heteroatoms. The van der Waals surface area contributed by atoms with Crippen LogP contribution in [0.25, 0.3) is 11.2 Å². The van der Waals surface area contributed by atoms with Crippen molar-refractivity contribution in [1.82, 2.24) is 18.7 Å². The van der Waals surface area contributed by atoms with E-state index in [1.54, 1.807) is 17.9 Å². The van der Waals surface area contributed by atoms with Gasteiger partial charge in [-0.3, -0.25) is 13.9 Å². The van der Waals surface area contributed by atoms with Crippen molar-refractivity contribution in [1.29, 1.82) is 0 Å². The van der Waals surface area contributed by atoms with Crippen molar-refractivity contribution in [2.75, 3.05) is 0 Å². The third-order valence-electron chi connectivity index (χ3n) is 3.48. The lowest BCUT2D eigenvalue weighted by molar-refractivity contribution is 0.702. The largest absolute Gasteiger partial charge is 0.332 e. The summed E-state index contributed by atoms with van der Waals surface area (Å²) in [5.41, 5.74) is 1.18. The molecular weight excluding hydrogens is 336 g/mol. The number of fused-ring (bicyclic) bond motifs is 1. The summed E-state index contributed by atoms with van der Waals surface area (Å²) in [7, 11) is 3.09. The van der Waals surface area contributed by atoms with E-state index in [4.69, 9.17) is 0 Å². The zero-order valence-corrected chi connectivity index (χ0v) is 13.2. The van der Waals surface area contributed by atoms with E-state index in [0.717, 1.165) is 14.6 Å². The number of benzene rings is 1. The molecule has 0 saturated carbocycles. The lowest BCUT2D eigenvalue weighted by Crippen LogP contribution is -2.37. The molecule has 0 aliphatic heterocycles. The van der Waals surface area contributed by atoms with Crippen LogP contribution in [0.2, 0.25) is 0 Å². The molecule has 6 nitrogen and oxygen atoms in total. The van der Waals surface area contributed by atoms with Crippen molar-refractivity contribution in [3.05, 3.63) is 61.5 Å². The van der Waals surface area contributed by atoms with Gasteiger partial charge in [-0.2, -0.15) is 0 Å². The van der Waals surface area contributed by atoms with Crippen LogP contribution >= 0.6 is 15.9 Å². The molecule has 0 fully saturated rings. The van der Waals surface area contributed by atoms with E-state index in [9.17, 15) is 9.59 Å². The number of hydrogen-bond donors (Lipinski definition) is 0. The first-order chi connectivity index (χ1) is 9.99. The van der Waals surface area contributed by atoms with Gasteiger partial charge in [0.25, 0.3) is 5.56 Å². The molecule has 0 aliphatic carbocycles. The van der Waals surface area contributed by atoms with Crippen molar-refractivity contribution >= 4 is 27.1 Å². The predicted molar refractivity (Wildman–Crippen MR) is 83.5 cm³/mol. The second kappa shape index (κ2) is 5.00. The third-order valence-corrected chi connectivity index (χ3v) is 4.01. The van der Waals surface area contributed by atoms with E-state index in [-0.39, 0.29) is 11.2 Å². The fraction of sp³-hybridized carbons (Fsp3) is 0.214. The maximum absolute atomic E-state index is 12.3. The molecule has 0 saturated heterocycles. The maximum Gasteiger partial charge on any atom is 0.332 e. The molecular formula is C14H13BrN4O2. The molecule has 108 valence electrons. The maximum atomic E-state index is 12.3. The molecule has 0 aliphatic rings. The Balaban J connectivity index is 2.19. The summed E-state index contributed by atoms with van der Waals surface area (Å²) in [5, 5.41) is 0. The van der Waals surface area contributed by atoms with Gasteiger partial charge in [-0.15, -0.1) is 0 Å². The van der Waals surface area contributed by atoms with Crippen LogP contribution in [0.3, 0.4) is 0 Å². The zero-order chi connectivity index (χ0) is 15.1. The second-order valence-electron chi connectivity index (χ2n) is 4.88. The number of halogens is 1. The van der Waals surface area contributed by atoms with Gasteiger partial charge >= 0.3 is 5.69 Å². The van der Waals surface area contributed by atoms with E-state index < -0.39 is 0 Å². The molecule has 3 aromatic rings. The van der Waals surface area contributed by atoms with Crippen LogP contribution in [0, 0.1) is 0 Å². The summed E-state index contributed by atoms with van der Waals surface area (Å²) >= 11 is 3.39. The molecule has 0 bridgehead atoms. The third kappa shape index (κ3) is 2.23. The van der Waals surface area contributed by atoms with Gasteiger partial charge in [-0.25, -0.2) is 9.78 Å². The van der Waals surface area contributed by atoms with Gasteiger partial charge in [-0.1, -0.05) is 28.1 Å². The van der Waals surface area contributed by atoms with E-state index in [0.29, 0.717) is 17.7 Å². The van der Waals surface area contributed by atoms with E-state index >= 15 is 0 Å². The van der Waals surface area contributed by atoms with E-state index in [1.807, 2.05) is 24.3 Å². The van der Waals surface area contributed by atoms with Crippen molar-refractivity contribution in [2.45, 2.75) is 6.54 Å². The predicted octanol–water partition coefficient (Wildman–Crippen LogP) is 1.24. The lowest BCUT2D eigenvalue weighted by Gasteiger charge is -2.07. The fourth-order valence-electron chi connectivity index (χ4n) is 2.30. The standard InChI is InChI=1S/C14H13BrN4O2/c1-17-12-11(13(20)18(2)14(17)21)19(8-16-12)7-9-3-5-10(15)6-4-9/h3-6,8H,7H2,1-2H3. The highest BCUT2D eigenvalue weighted by atomic mass is 79.9. The van der Waals surface area contributed by atoms with E-state index in [2.05, 4.69) is 20.9 Å². The van der Waals surface area contributed by atoms with Gasteiger partial charge in [0.2, 0.25) is 0 Å². The number of rotatable bonds is 2. The lowest BCUT2D eigenvalue weighted by atomic mass is 10.2. The molecule has 0 amide bonds. The Morgan fingerprint density at radius 3 is 2.43 bits per heavy atom. The van der Waals surface area contributed by atoms with Gasteiger partial charge in [0.1, 0.15) is 0 Å². The van der Waals surface area contributed by atoms with Crippen LogP contribution in [-0.2, 0) is 20.6 Å². The highest BCUT2D eigenvalue weighted by Crippen LogP contribution is 2.13. The number of hydrogen-bond acceptors (Lipinski definition) is 3. The molecule has 0 N–H and O–H groups in total. The second-order valence-corrected chi connectivity index (χ2v) is 5.79. The number of aromatic nitrogens is 4. The summed E-state index contributed by atoms with van der Waals surface area (Å²) in [5.74, 6) is 0. The summed E-state index contributed by atoms with van der Waals surface area (Å²) in [4.78, 5) is 28.4. The molecule has 0 spiro atoms. The van der Waals surface area contributed by atoms with Crippen LogP contribution < -0.4 is 11.2 Å². The van der Waals surface area contributed by atoms with Crippen LogP contribution in [-0.4, -0.2) is 18.7 Å². The van der Waals surface area contributed by atoms with Crippen LogP contribution in [0.1, 0.15) is 5.56 Å². The van der Waals surface area contributed by atoms with Crippen molar-refractivity contribution in [2.24, 2.45) is 14.1 Å². The Kier molecular flexibility index (Phi) is 3.29. The van der Waals surface area contributed by atoms with E-state index in [1.165, 1.54) is 11.6 Å². The first kappa shape index (κ1) is 13.8. The molecule has 2 aromatic heterocycles.